The monoisotopic (exact) mass is 378 g/mol. The van der Waals surface area contributed by atoms with Gasteiger partial charge in [0, 0.05) is 19.6 Å². The van der Waals surface area contributed by atoms with Crippen LogP contribution in [-0.2, 0) is 9.59 Å². The van der Waals surface area contributed by atoms with E-state index in [0.29, 0.717) is 0 Å². The van der Waals surface area contributed by atoms with E-state index in [0.717, 1.165) is 26.2 Å². The molecule has 14 N–H and O–H groups in total. The molecule has 0 spiro atoms. The summed E-state index contributed by atoms with van der Waals surface area (Å²) in [4.78, 5) is 79.4. The maximum Gasteiger partial charge on any atom is 0.708 e. The van der Waals surface area contributed by atoms with Gasteiger partial charge < -0.3 is 57.5 Å². The van der Waals surface area contributed by atoms with Crippen LogP contribution in [-0.4, -0.2) is 83.2 Å². The van der Waals surface area contributed by atoms with Crippen molar-refractivity contribution in [3.05, 3.63) is 0 Å². The minimum Gasteiger partial charge on any atom is -0.499 e. The molecule has 20 heavy (non-hydrogen) atoms. The molecule has 0 unspecified atom stereocenters. The van der Waals surface area contributed by atoms with E-state index >= 15 is 0 Å². The highest BCUT2D eigenvalue weighted by Gasteiger charge is 2.37. The number of hydrogen-bond donors (Lipinski definition) is 9. The van der Waals surface area contributed by atoms with Gasteiger partial charge in [-0.1, -0.05) is 0 Å². The Morgan fingerprint density at radius 3 is 0.750 bits per heavy atom. The molecule has 0 aromatic carbocycles. The SMILES string of the molecule is C[Si](O)(O)O.C[Si](O)(O)O[Si](C)(O)O.C[Si](O)(O)[OH2+].[OH3+]. The summed E-state index contributed by atoms with van der Waals surface area (Å²) < 4.78 is 4.12. The molecule has 0 bridgehead atoms. The fourth-order valence-corrected chi connectivity index (χ4v) is 3.30. The maximum atomic E-state index is 8.54. The molecule has 0 amide bonds. The molecule has 16 heteroatoms. The van der Waals surface area contributed by atoms with E-state index in [1.54, 1.807) is 0 Å². The Balaban J connectivity index is -0.000000101. The summed E-state index contributed by atoms with van der Waals surface area (Å²) in [5.41, 5.74) is 0. The van der Waals surface area contributed by atoms with E-state index in [-0.39, 0.29) is 5.48 Å². The van der Waals surface area contributed by atoms with Gasteiger partial charge in [0.25, 0.3) is 0 Å². The lowest BCUT2D eigenvalue weighted by molar-refractivity contribution is 0.166. The molecule has 0 saturated heterocycles. The van der Waals surface area contributed by atoms with Gasteiger partial charge in [0.05, 0.1) is 6.55 Å². The van der Waals surface area contributed by atoms with Gasteiger partial charge in [-0.2, -0.15) is 0 Å². The Morgan fingerprint density at radius 2 is 0.750 bits per heavy atom. The van der Waals surface area contributed by atoms with Crippen LogP contribution >= 0.6 is 0 Å². The zero-order valence-electron chi connectivity index (χ0n) is 11.5. The third-order valence-corrected chi connectivity index (χ3v) is 3.48. The first-order valence-corrected chi connectivity index (χ1v) is 14.0. The molecule has 0 aliphatic heterocycles. The topological polar surface area (TPSA) is 247 Å². The van der Waals surface area contributed by atoms with Crippen molar-refractivity contribution in [2.24, 2.45) is 0 Å². The molecule has 12 nitrogen and oxygen atoms in total. The highest BCUT2D eigenvalue weighted by molar-refractivity contribution is 6.70. The standard InChI is InChI=1S/C2H10O5Si2.2CH6O3Si.H2O/c1-8(3,4)7-9(2,5)6;2*1-5(2,3)4;/h3-6H,1-2H3;2*2-4H,1H3;1H2/p+2. The van der Waals surface area contributed by atoms with Crippen LogP contribution in [0.1, 0.15) is 0 Å². The van der Waals surface area contributed by atoms with Crippen LogP contribution in [0.15, 0.2) is 0 Å². The van der Waals surface area contributed by atoms with Crippen LogP contribution in [0.5, 0.6) is 0 Å². The predicted molar refractivity (Wildman–Crippen MR) is 76.0 cm³/mol. The zero-order chi connectivity index (χ0) is 16.7. The highest BCUT2D eigenvalue weighted by Crippen LogP contribution is 2.01. The third-order valence-electron chi connectivity index (χ3n) is 0.387. The van der Waals surface area contributed by atoms with Crippen molar-refractivity contribution >= 4 is 35.2 Å². The summed E-state index contributed by atoms with van der Waals surface area (Å²) in [6, 6.07) is 0. The molecule has 0 heterocycles. The van der Waals surface area contributed by atoms with Crippen LogP contribution in [0.3, 0.4) is 0 Å². The Morgan fingerprint density at radius 1 is 0.650 bits per heavy atom. The summed E-state index contributed by atoms with van der Waals surface area (Å²) in [5.74, 6) is 0. The van der Waals surface area contributed by atoms with Crippen molar-refractivity contribution in [2.75, 3.05) is 0 Å². The number of rotatable bonds is 2. The van der Waals surface area contributed by atoms with E-state index in [1.807, 2.05) is 0 Å². The minimum atomic E-state index is -3.73. The maximum absolute atomic E-state index is 8.54. The van der Waals surface area contributed by atoms with Gasteiger partial charge in [-0.3, -0.25) is 0 Å². The molecule has 0 aliphatic rings. The van der Waals surface area contributed by atoms with Gasteiger partial charge in [0.1, 0.15) is 0 Å². The van der Waals surface area contributed by atoms with Crippen LogP contribution < -0.4 is 0 Å². The molecule has 0 radical (unpaired) electrons. The lowest BCUT2D eigenvalue weighted by Crippen LogP contribution is -2.49. The van der Waals surface area contributed by atoms with Gasteiger partial charge >= 0.3 is 35.2 Å². The minimum absolute atomic E-state index is 0. The van der Waals surface area contributed by atoms with Gasteiger partial charge in [-0.05, 0) is 0 Å². The first-order chi connectivity index (χ1) is 7.71. The summed E-state index contributed by atoms with van der Waals surface area (Å²) in [5, 5.41) is 0. The molecule has 0 atom stereocenters. The molecule has 0 aromatic rings. The summed E-state index contributed by atoms with van der Waals surface area (Å²) in [6.07, 6.45) is 0. The Labute approximate surface area is 119 Å². The van der Waals surface area contributed by atoms with Crippen LogP contribution in [0.4, 0.5) is 0 Å². The second-order valence-electron chi connectivity index (χ2n) is 3.96. The molecule has 0 aromatic heterocycles. The van der Waals surface area contributed by atoms with Crippen molar-refractivity contribution < 1.29 is 57.5 Å². The quantitative estimate of drug-likeness (QED) is 0.162. The lowest BCUT2D eigenvalue weighted by Gasteiger charge is -2.18. The summed E-state index contributed by atoms with van der Waals surface area (Å²) in [6.45, 7) is 4.16. The molecule has 128 valence electrons. The van der Waals surface area contributed by atoms with E-state index < -0.39 is 35.2 Å². The second kappa shape index (κ2) is 10.2. The van der Waals surface area contributed by atoms with Gasteiger partial charge in [0.15, 0.2) is 0 Å². The van der Waals surface area contributed by atoms with E-state index in [4.69, 9.17) is 48.0 Å². The highest BCUT2D eigenvalue weighted by atomic mass is 28.5. The average molecular weight is 379 g/mol. The molecular weight excluding hydrogens is 352 g/mol. The van der Waals surface area contributed by atoms with Crippen molar-refractivity contribution in [3.8, 4) is 0 Å². The van der Waals surface area contributed by atoms with Gasteiger partial charge in [-0.15, -0.1) is 0 Å². The van der Waals surface area contributed by atoms with Crippen LogP contribution in [0.25, 0.3) is 0 Å². The van der Waals surface area contributed by atoms with E-state index in [2.05, 4.69) is 4.12 Å². The first-order valence-electron chi connectivity index (χ1n) is 4.67. The van der Waals surface area contributed by atoms with Crippen molar-refractivity contribution in [1.82, 2.24) is 0 Å². The van der Waals surface area contributed by atoms with Crippen LogP contribution in [0, 0.1) is 0 Å². The van der Waals surface area contributed by atoms with Crippen molar-refractivity contribution in [2.45, 2.75) is 26.2 Å². The van der Waals surface area contributed by atoms with Crippen molar-refractivity contribution in [3.63, 3.8) is 0 Å². The fraction of sp³-hybridized carbons (Fsp3) is 1.00. The first kappa shape index (κ1) is 28.5. The smallest absolute Gasteiger partial charge is 0.499 e. The van der Waals surface area contributed by atoms with Gasteiger partial charge in [0.2, 0.25) is 0 Å². The number of hydrogen-bond acceptors (Lipinski definition) is 10. The molecule has 0 aliphatic carbocycles. The third kappa shape index (κ3) is 136. The van der Waals surface area contributed by atoms with E-state index in [9.17, 15) is 0 Å². The Bertz CT molecular complexity index is 186. The zero-order valence-corrected chi connectivity index (χ0v) is 15.5. The summed E-state index contributed by atoms with van der Waals surface area (Å²) in [7, 11) is -14.4. The molecule has 0 saturated carbocycles. The average Bonchev–Trinajstić information content (AvgIpc) is 1.63. The second-order valence-corrected chi connectivity index (χ2v) is 12.5. The molecule has 0 rings (SSSR count). The lowest BCUT2D eigenvalue weighted by atomic mass is 11.9. The fourth-order valence-electron chi connectivity index (χ4n) is 0.366. The Kier molecular flexibility index (Phi) is 14.5. The normalized spacial score (nSPS) is 12.3. The predicted octanol–water partition coefficient (Wildman–Crippen LogP) is -6.02. The van der Waals surface area contributed by atoms with E-state index in [1.165, 1.54) is 0 Å². The summed E-state index contributed by atoms with van der Waals surface area (Å²) >= 11 is 0. The Hall–Kier alpha value is 0.388. The largest absolute Gasteiger partial charge is 0.708 e. The van der Waals surface area contributed by atoms with Crippen molar-refractivity contribution in [1.29, 1.82) is 0 Å². The van der Waals surface area contributed by atoms with Gasteiger partial charge in [-0.25, -0.2) is 0 Å². The van der Waals surface area contributed by atoms with Crippen LogP contribution in [0.2, 0.25) is 26.2 Å². The molecular formula is C4H26O12Si4+2. The molecule has 0 fully saturated rings.